The normalized spacial score (nSPS) is 31.2. The second-order valence-electron chi connectivity index (χ2n) is 10.6. The lowest BCUT2D eigenvalue weighted by molar-refractivity contribution is 0.0374. The third kappa shape index (κ3) is 9.82. The Morgan fingerprint density at radius 3 is 1.81 bits per heavy atom. The Balaban J connectivity index is 0.000000972. The Morgan fingerprint density at radius 1 is 0.852 bits per heavy atom. The minimum Gasteiger partial charge on any atom is -0.393 e. The average Bonchev–Trinajstić information content (AvgIpc) is 2.69. The lowest BCUT2D eigenvalue weighted by atomic mass is 9.66. The zero-order valence-electron chi connectivity index (χ0n) is 20.6. The van der Waals surface area contributed by atoms with E-state index in [1.807, 2.05) is 0 Å². The fourth-order valence-electron chi connectivity index (χ4n) is 5.30. The van der Waals surface area contributed by atoms with E-state index in [4.69, 9.17) is 0 Å². The van der Waals surface area contributed by atoms with Crippen molar-refractivity contribution in [3.05, 3.63) is 0 Å². The fraction of sp³-hybridized carbons (Fsp3) is 1.00. The molecule has 0 aromatic heterocycles. The third-order valence-corrected chi connectivity index (χ3v) is 7.44. The molecule has 0 radical (unpaired) electrons. The molecule has 0 saturated heterocycles. The van der Waals surface area contributed by atoms with Gasteiger partial charge >= 0.3 is 0 Å². The van der Waals surface area contributed by atoms with Crippen molar-refractivity contribution < 1.29 is 5.11 Å². The minimum absolute atomic E-state index is 0.0738. The van der Waals surface area contributed by atoms with Crippen LogP contribution in [0.5, 0.6) is 0 Å². The van der Waals surface area contributed by atoms with Gasteiger partial charge in [0.25, 0.3) is 0 Å². The zero-order chi connectivity index (χ0) is 21.1. The first-order chi connectivity index (χ1) is 12.6. The summed E-state index contributed by atoms with van der Waals surface area (Å²) in [7, 11) is 0. The van der Waals surface area contributed by atoms with Gasteiger partial charge in [-0.25, -0.2) is 0 Å². The van der Waals surface area contributed by atoms with E-state index in [1.54, 1.807) is 0 Å². The minimum atomic E-state index is -0.0738. The summed E-state index contributed by atoms with van der Waals surface area (Å²) in [6.07, 6.45) is 8.58. The van der Waals surface area contributed by atoms with Crippen LogP contribution in [0.3, 0.4) is 0 Å². The van der Waals surface area contributed by atoms with Gasteiger partial charge in [0.15, 0.2) is 0 Å². The van der Waals surface area contributed by atoms with Crippen LogP contribution in [-0.4, -0.2) is 11.2 Å². The summed E-state index contributed by atoms with van der Waals surface area (Å²) in [5, 5.41) is 10.6. The van der Waals surface area contributed by atoms with E-state index >= 15 is 0 Å². The molecule has 1 aliphatic carbocycles. The van der Waals surface area contributed by atoms with Crippen LogP contribution < -0.4 is 0 Å². The van der Waals surface area contributed by atoms with E-state index < -0.39 is 0 Å². The number of rotatable bonds is 8. The fourth-order valence-corrected chi connectivity index (χ4v) is 5.30. The molecule has 27 heavy (non-hydrogen) atoms. The van der Waals surface area contributed by atoms with Crippen LogP contribution in [0.1, 0.15) is 114 Å². The molecule has 0 aromatic carbocycles. The molecule has 164 valence electrons. The molecule has 0 aromatic rings. The summed E-state index contributed by atoms with van der Waals surface area (Å²) in [6, 6.07) is 0. The van der Waals surface area contributed by atoms with Crippen LogP contribution in [0.4, 0.5) is 0 Å². The van der Waals surface area contributed by atoms with Crippen molar-refractivity contribution in [2.24, 2.45) is 47.3 Å². The highest BCUT2D eigenvalue weighted by Crippen LogP contribution is 2.45. The van der Waals surface area contributed by atoms with Crippen molar-refractivity contribution in [1.82, 2.24) is 0 Å². The predicted molar refractivity (Wildman–Crippen MR) is 123 cm³/mol. The van der Waals surface area contributed by atoms with Crippen molar-refractivity contribution in [3.63, 3.8) is 0 Å². The van der Waals surface area contributed by atoms with Gasteiger partial charge < -0.3 is 5.11 Å². The van der Waals surface area contributed by atoms with Crippen LogP contribution in [0.2, 0.25) is 0 Å². The quantitative estimate of drug-likeness (QED) is 0.419. The first kappa shape index (κ1) is 27.0. The molecule has 1 N–H and O–H groups in total. The van der Waals surface area contributed by atoms with E-state index in [9.17, 15) is 5.11 Å². The molecule has 1 rings (SSSR count). The van der Waals surface area contributed by atoms with E-state index in [0.29, 0.717) is 11.8 Å². The third-order valence-electron chi connectivity index (χ3n) is 7.44. The molecular weight excluding hydrogens is 328 g/mol. The van der Waals surface area contributed by atoms with Gasteiger partial charge in [0.2, 0.25) is 0 Å². The van der Waals surface area contributed by atoms with Crippen LogP contribution in [0.15, 0.2) is 0 Å². The lowest BCUT2D eigenvalue weighted by Gasteiger charge is -2.39. The van der Waals surface area contributed by atoms with E-state index in [0.717, 1.165) is 41.9 Å². The summed E-state index contributed by atoms with van der Waals surface area (Å²) in [5.41, 5.74) is 0. The Labute approximate surface area is 173 Å². The molecule has 1 saturated carbocycles. The van der Waals surface area contributed by atoms with E-state index in [1.165, 1.54) is 38.5 Å². The number of hydrogen-bond acceptors (Lipinski definition) is 1. The molecule has 7 atom stereocenters. The molecule has 0 heterocycles. The van der Waals surface area contributed by atoms with Gasteiger partial charge in [0.05, 0.1) is 6.10 Å². The van der Waals surface area contributed by atoms with Crippen LogP contribution in [0.25, 0.3) is 0 Å². The average molecular weight is 383 g/mol. The highest BCUT2D eigenvalue weighted by Gasteiger charge is 2.40. The molecule has 0 bridgehead atoms. The van der Waals surface area contributed by atoms with Gasteiger partial charge in [-0.15, -0.1) is 0 Å². The summed E-state index contributed by atoms with van der Waals surface area (Å²) in [5.74, 6) is 5.89. The molecule has 0 spiro atoms. The van der Waals surface area contributed by atoms with Crippen molar-refractivity contribution >= 4 is 0 Å². The second-order valence-corrected chi connectivity index (χ2v) is 10.6. The summed E-state index contributed by atoms with van der Waals surface area (Å²) in [6.45, 7) is 23.4. The summed E-state index contributed by atoms with van der Waals surface area (Å²) >= 11 is 0. The Morgan fingerprint density at radius 2 is 1.41 bits per heavy atom. The zero-order valence-corrected chi connectivity index (χ0v) is 20.6. The van der Waals surface area contributed by atoms with Crippen LogP contribution >= 0.6 is 0 Å². The monoisotopic (exact) mass is 382 g/mol. The Kier molecular flexibility index (Phi) is 14.0. The first-order valence-electron chi connectivity index (χ1n) is 12.2. The highest BCUT2D eigenvalue weighted by molar-refractivity contribution is 4.89. The largest absolute Gasteiger partial charge is 0.393 e. The Hall–Kier alpha value is -0.0400. The summed E-state index contributed by atoms with van der Waals surface area (Å²) < 4.78 is 0. The van der Waals surface area contributed by atoms with Crippen molar-refractivity contribution in [1.29, 1.82) is 0 Å². The molecule has 1 aliphatic rings. The maximum absolute atomic E-state index is 10.6. The van der Waals surface area contributed by atoms with Crippen LogP contribution in [0, 0.1) is 47.3 Å². The topological polar surface area (TPSA) is 20.2 Å². The molecule has 0 aliphatic heterocycles. The van der Waals surface area contributed by atoms with Gasteiger partial charge in [-0.05, 0) is 66.6 Å². The van der Waals surface area contributed by atoms with Gasteiger partial charge in [0, 0.05) is 0 Å². The molecule has 7 unspecified atom stereocenters. The molecule has 0 amide bonds. The number of aliphatic hydroxyl groups is 1. The molecular formula is C26H54O. The predicted octanol–water partition coefficient (Wildman–Crippen LogP) is 8.21. The summed E-state index contributed by atoms with van der Waals surface area (Å²) in [4.78, 5) is 0. The standard InChI is InChI=1S/C20H40O.C6H14/c1-8-14(4)16(6)20-15(5)10-12-19(21)18(17(20)7)11-9-13(2)3;1-4-5-6(2)3/h13-21H,8-12H2,1-7H3;6H,4-5H2,1-3H3. The Bertz CT molecular complexity index is 348. The number of aliphatic hydroxyl groups excluding tert-OH is 1. The highest BCUT2D eigenvalue weighted by atomic mass is 16.3. The molecule has 1 heteroatoms. The van der Waals surface area contributed by atoms with Crippen LogP contribution in [-0.2, 0) is 0 Å². The van der Waals surface area contributed by atoms with E-state index in [-0.39, 0.29) is 6.10 Å². The maximum Gasteiger partial charge on any atom is 0.0571 e. The van der Waals surface area contributed by atoms with Crippen molar-refractivity contribution in [3.8, 4) is 0 Å². The molecule has 1 nitrogen and oxygen atoms in total. The van der Waals surface area contributed by atoms with Crippen molar-refractivity contribution in [2.75, 3.05) is 0 Å². The first-order valence-corrected chi connectivity index (χ1v) is 12.2. The second kappa shape index (κ2) is 14.0. The number of hydrogen-bond donors (Lipinski definition) is 1. The van der Waals surface area contributed by atoms with Crippen molar-refractivity contribution in [2.45, 2.75) is 120 Å². The van der Waals surface area contributed by atoms with E-state index in [2.05, 4.69) is 69.2 Å². The van der Waals surface area contributed by atoms with Gasteiger partial charge in [0.1, 0.15) is 0 Å². The van der Waals surface area contributed by atoms with Gasteiger partial charge in [-0.1, -0.05) is 94.9 Å². The smallest absolute Gasteiger partial charge is 0.0571 e. The van der Waals surface area contributed by atoms with Gasteiger partial charge in [-0.3, -0.25) is 0 Å². The molecule has 1 fully saturated rings. The maximum atomic E-state index is 10.6. The van der Waals surface area contributed by atoms with Gasteiger partial charge in [-0.2, -0.15) is 0 Å². The lowest BCUT2D eigenvalue weighted by Crippen LogP contribution is -2.35. The SMILES string of the molecule is CCC(C)C(C)C1C(C)CCC(O)C(CCC(C)C)C1C.CCCC(C)C.